The molecule has 0 aliphatic carbocycles. The van der Waals surface area contributed by atoms with Crippen LogP contribution in [-0.4, -0.2) is 17.6 Å². The lowest BCUT2D eigenvalue weighted by Crippen LogP contribution is -2.18. The summed E-state index contributed by atoms with van der Waals surface area (Å²) in [6, 6.07) is 7.25. The number of aromatic nitrogens is 1. The lowest BCUT2D eigenvalue weighted by atomic mass is 10.2. The lowest BCUT2D eigenvalue weighted by Gasteiger charge is -2.12. The smallest absolute Gasteiger partial charge is 0.244 e. The van der Waals surface area contributed by atoms with Crippen molar-refractivity contribution in [3.8, 4) is 5.75 Å². The molecule has 0 bridgehead atoms. The van der Waals surface area contributed by atoms with Crippen molar-refractivity contribution < 1.29 is 9.53 Å². The topological polar surface area (TPSA) is 43.3 Å². The molecule has 2 aromatic rings. The number of aryl methyl sites for hydroxylation is 1. The quantitative estimate of drug-likeness (QED) is 0.934. The van der Waals surface area contributed by atoms with Gasteiger partial charge in [-0.05, 0) is 30.7 Å². The van der Waals surface area contributed by atoms with E-state index >= 15 is 0 Å². The van der Waals surface area contributed by atoms with Crippen LogP contribution in [0.5, 0.6) is 5.75 Å². The van der Waals surface area contributed by atoms with Gasteiger partial charge in [-0.25, -0.2) is 0 Å². The first-order valence-corrected chi connectivity index (χ1v) is 6.22. The molecule has 0 atom stereocenters. The molecule has 1 N–H and O–H groups in total. The van der Waals surface area contributed by atoms with E-state index in [0.29, 0.717) is 16.5 Å². The van der Waals surface area contributed by atoms with Crippen LogP contribution in [0.2, 0.25) is 5.02 Å². The summed E-state index contributed by atoms with van der Waals surface area (Å²) in [5.41, 5.74) is 1.51. The Morgan fingerprint density at radius 1 is 1.37 bits per heavy atom. The fraction of sp³-hybridized carbons (Fsp3) is 0.214. The molecule has 0 unspecified atom stereocenters. The lowest BCUT2D eigenvalue weighted by molar-refractivity contribution is -0.116. The molecule has 0 spiro atoms. The molecule has 0 radical (unpaired) electrons. The maximum atomic E-state index is 11.9. The Balaban J connectivity index is 2.14. The number of anilines is 1. The molecule has 1 aromatic carbocycles. The van der Waals surface area contributed by atoms with Gasteiger partial charge in [0.05, 0.1) is 12.8 Å². The SMILES string of the molecule is COc1cc(Cl)c(C)cc1NC(=O)Cn1cccc1. The summed E-state index contributed by atoms with van der Waals surface area (Å²) in [5, 5.41) is 3.44. The summed E-state index contributed by atoms with van der Waals surface area (Å²) in [6.45, 7) is 2.14. The van der Waals surface area contributed by atoms with Gasteiger partial charge in [-0.15, -0.1) is 0 Å². The first-order valence-electron chi connectivity index (χ1n) is 5.85. The third-order valence-corrected chi connectivity index (χ3v) is 3.15. The minimum Gasteiger partial charge on any atom is -0.495 e. The van der Waals surface area contributed by atoms with E-state index in [2.05, 4.69) is 5.32 Å². The number of nitrogens with zero attached hydrogens (tertiary/aromatic N) is 1. The van der Waals surface area contributed by atoms with E-state index in [0.717, 1.165) is 5.56 Å². The standard InChI is InChI=1S/C14H15ClN2O2/c1-10-7-12(13(19-2)8-11(10)15)16-14(18)9-17-5-3-4-6-17/h3-8H,9H2,1-2H3,(H,16,18). The van der Waals surface area contributed by atoms with Crippen LogP contribution in [0.15, 0.2) is 36.7 Å². The zero-order valence-electron chi connectivity index (χ0n) is 10.8. The fourth-order valence-electron chi connectivity index (χ4n) is 1.76. The number of carbonyl (C=O) groups excluding carboxylic acids is 1. The number of halogens is 1. The Labute approximate surface area is 116 Å². The van der Waals surface area contributed by atoms with Crippen LogP contribution in [0.1, 0.15) is 5.56 Å². The highest BCUT2D eigenvalue weighted by Crippen LogP contribution is 2.30. The van der Waals surface area contributed by atoms with Gasteiger partial charge in [-0.2, -0.15) is 0 Å². The van der Waals surface area contributed by atoms with E-state index in [1.165, 1.54) is 0 Å². The first kappa shape index (κ1) is 13.5. The minimum absolute atomic E-state index is 0.115. The maximum Gasteiger partial charge on any atom is 0.244 e. The summed E-state index contributed by atoms with van der Waals surface area (Å²) >= 11 is 6.02. The molecule has 2 rings (SSSR count). The van der Waals surface area contributed by atoms with Crippen LogP contribution in [0.25, 0.3) is 0 Å². The highest BCUT2D eigenvalue weighted by molar-refractivity contribution is 6.31. The highest BCUT2D eigenvalue weighted by Gasteiger charge is 2.10. The van der Waals surface area contributed by atoms with Gasteiger partial charge in [0.15, 0.2) is 0 Å². The summed E-state index contributed by atoms with van der Waals surface area (Å²) in [4.78, 5) is 11.9. The average molecular weight is 279 g/mol. The van der Waals surface area contributed by atoms with Crippen LogP contribution >= 0.6 is 11.6 Å². The molecular formula is C14H15ClN2O2. The Bertz CT molecular complexity index is 579. The van der Waals surface area contributed by atoms with Crippen LogP contribution in [0, 0.1) is 6.92 Å². The normalized spacial score (nSPS) is 10.3. The second-order valence-corrected chi connectivity index (χ2v) is 4.61. The molecular weight excluding hydrogens is 264 g/mol. The average Bonchev–Trinajstić information content (AvgIpc) is 2.86. The maximum absolute atomic E-state index is 11.9. The van der Waals surface area contributed by atoms with Crippen molar-refractivity contribution in [3.05, 3.63) is 47.2 Å². The number of benzene rings is 1. The molecule has 1 amide bonds. The van der Waals surface area contributed by atoms with Gasteiger partial charge in [0.2, 0.25) is 5.91 Å². The van der Waals surface area contributed by atoms with E-state index in [4.69, 9.17) is 16.3 Å². The Morgan fingerprint density at radius 2 is 2.05 bits per heavy atom. The molecule has 100 valence electrons. The van der Waals surface area contributed by atoms with E-state index < -0.39 is 0 Å². The third kappa shape index (κ3) is 3.29. The molecule has 0 fully saturated rings. The summed E-state index contributed by atoms with van der Waals surface area (Å²) in [5.74, 6) is 0.438. The number of nitrogens with one attached hydrogen (secondary N) is 1. The van der Waals surface area contributed by atoms with Crippen LogP contribution < -0.4 is 10.1 Å². The second kappa shape index (κ2) is 5.80. The van der Waals surface area contributed by atoms with Crippen LogP contribution in [0.4, 0.5) is 5.69 Å². The number of rotatable bonds is 4. The van der Waals surface area contributed by atoms with Gasteiger partial charge in [-0.3, -0.25) is 4.79 Å². The molecule has 1 aromatic heterocycles. The van der Waals surface area contributed by atoms with E-state index in [1.807, 2.05) is 31.5 Å². The van der Waals surface area contributed by atoms with Crippen molar-refractivity contribution in [3.63, 3.8) is 0 Å². The fourth-order valence-corrected chi connectivity index (χ4v) is 1.91. The van der Waals surface area contributed by atoms with Crippen LogP contribution in [0.3, 0.4) is 0 Å². The molecule has 0 aliphatic heterocycles. The number of methoxy groups -OCH3 is 1. The number of carbonyl (C=O) groups is 1. The van der Waals surface area contributed by atoms with Gasteiger partial charge in [0, 0.05) is 23.5 Å². The Kier molecular flexibility index (Phi) is 4.12. The van der Waals surface area contributed by atoms with Gasteiger partial charge in [0.1, 0.15) is 12.3 Å². The minimum atomic E-state index is -0.115. The van der Waals surface area contributed by atoms with Crippen molar-refractivity contribution in [2.75, 3.05) is 12.4 Å². The Morgan fingerprint density at radius 3 is 2.68 bits per heavy atom. The zero-order valence-corrected chi connectivity index (χ0v) is 11.6. The monoisotopic (exact) mass is 278 g/mol. The molecule has 4 nitrogen and oxygen atoms in total. The van der Waals surface area contributed by atoms with E-state index in [9.17, 15) is 4.79 Å². The predicted octanol–water partition coefficient (Wildman–Crippen LogP) is 3.10. The molecule has 5 heteroatoms. The largest absolute Gasteiger partial charge is 0.495 e. The summed E-state index contributed by atoms with van der Waals surface area (Å²) < 4.78 is 7.01. The van der Waals surface area contributed by atoms with Crippen LogP contribution in [-0.2, 0) is 11.3 Å². The van der Waals surface area contributed by atoms with Crippen molar-refractivity contribution in [2.45, 2.75) is 13.5 Å². The molecule has 1 heterocycles. The summed E-state index contributed by atoms with van der Waals surface area (Å²) in [6.07, 6.45) is 3.67. The van der Waals surface area contributed by atoms with Crippen molar-refractivity contribution in [1.82, 2.24) is 4.57 Å². The molecule has 0 saturated carbocycles. The number of ether oxygens (including phenoxy) is 1. The third-order valence-electron chi connectivity index (χ3n) is 2.75. The van der Waals surface area contributed by atoms with Gasteiger partial charge in [0.25, 0.3) is 0 Å². The predicted molar refractivity (Wildman–Crippen MR) is 75.8 cm³/mol. The van der Waals surface area contributed by atoms with Gasteiger partial charge < -0.3 is 14.6 Å². The van der Waals surface area contributed by atoms with Gasteiger partial charge >= 0.3 is 0 Å². The molecule has 19 heavy (non-hydrogen) atoms. The number of hydrogen-bond acceptors (Lipinski definition) is 2. The second-order valence-electron chi connectivity index (χ2n) is 4.21. The van der Waals surface area contributed by atoms with Crippen molar-refractivity contribution >= 4 is 23.2 Å². The Hall–Kier alpha value is -1.94. The van der Waals surface area contributed by atoms with Crippen molar-refractivity contribution in [2.24, 2.45) is 0 Å². The van der Waals surface area contributed by atoms with E-state index in [-0.39, 0.29) is 12.5 Å². The van der Waals surface area contributed by atoms with E-state index in [1.54, 1.807) is 23.8 Å². The molecule has 0 saturated heterocycles. The number of amides is 1. The number of hydrogen-bond donors (Lipinski definition) is 1. The summed E-state index contributed by atoms with van der Waals surface area (Å²) in [7, 11) is 1.54. The first-order chi connectivity index (χ1) is 9.10. The zero-order chi connectivity index (χ0) is 13.8. The molecule has 0 aliphatic rings. The van der Waals surface area contributed by atoms with Gasteiger partial charge in [-0.1, -0.05) is 11.6 Å². The highest BCUT2D eigenvalue weighted by atomic mass is 35.5. The van der Waals surface area contributed by atoms with Crippen molar-refractivity contribution in [1.29, 1.82) is 0 Å².